The number of nitrogens with zero attached hydrogens (tertiary/aromatic N) is 1. The Balaban J connectivity index is 1.05. The minimum atomic E-state index is 0.872. The number of hydrogen-bond acceptors (Lipinski definition) is 2. The first-order valence-electron chi connectivity index (χ1n) is 18.5. The Bertz CT molecular complexity index is 3210. The van der Waals surface area contributed by atoms with Crippen LogP contribution in [0.2, 0.25) is 0 Å². The lowest BCUT2D eigenvalue weighted by Gasteiger charge is -2.26. The smallest absolute Gasteiger partial charge is 0.143 e. The number of anilines is 3. The highest BCUT2D eigenvalue weighted by atomic mass is 16.3. The van der Waals surface area contributed by atoms with E-state index in [0.29, 0.717) is 0 Å². The fourth-order valence-electron chi connectivity index (χ4n) is 8.32. The fraction of sp³-hybridized carbons (Fsp3) is 0. The van der Waals surface area contributed by atoms with Gasteiger partial charge in [0.1, 0.15) is 11.2 Å². The molecule has 2 nitrogen and oxygen atoms in total. The summed E-state index contributed by atoms with van der Waals surface area (Å²) < 4.78 is 6.65. The predicted molar refractivity (Wildman–Crippen MR) is 229 cm³/mol. The molecule has 0 fully saturated rings. The van der Waals surface area contributed by atoms with Crippen molar-refractivity contribution in [2.45, 2.75) is 0 Å². The standard InChI is InChI=1S/C52H33NO/c1-2-11-39-32-40(18-16-34(39)8-1)35-20-26-43(27-21-35)53(49-14-7-15-50-51(49)48-31-24-38-10-4-6-13-47(38)52(48)54-50)44-28-22-36(23-29-44)41-25-30-46-42(33-41)19-17-37-9-3-5-12-45(37)46/h1-33H. The van der Waals surface area contributed by atoms with Crippen LogP contribution in [0.25, 0.3) is 87.3 Å². The molecule has 0 aliphatic rings. The van der Waals surface area contributed by atoms with Crippen molar-refractivity contribution in [1.29, 1.82) is 0 Å². The van der Waals surface area contributed by atoms with Crippen molar-refractivity contribution in [3.63, 3.8) is 0 Å². The van der Waals surface area contributed by atoms with E-state index in [1.807, 2.05) is 0 Å². The third-order valence-electron chi connectivity index (χ3n) is 11.0. The van der Waals surface area contributed by atoms with Gasteiger partial charge in [0.05, 0.1) is 11.1 Å². The quantitative estimate of drug-likeness (QED) is 0.168. The first-order chi connectivity index (χ1) is 26.7. The van der Waals surface area contributed by atoms with Gasteiger partial charge in [0, 0.05) is 22.1 Å². The third kappa shape index (κ3) is 4.96. The first-order valence-corrected chi connectivity index (χ1v) is 18.5. The molecule has 0 amide bonds. The molecule has 252 valence electrons. The van der Waals surface area contributed by atoms with Crippen molar-refractivity contribution >= 4 is 82.1 Å². The molecule has 11 aromatic rings. The van der Waals surface area contributed by atoms with Gasteiger partial charge in [-0.05, 0) is 115 Å². The van der Waals surface area contributed by atoms with Gasteiger partial charge in [-0.2, -0.15) is 0 Å². The molecule has 0 unspecified atom stereocenters. The lowest BCUT2D eigenvalue weighted by molar-refractivity contribution is 0.672. The molecule has 1 heterocycles. The minimum Gasteiger partial charge on any atom is -0.455 e. The highest BCUT2D eigenvalue weighted by molar-refractivity contribution is 6.19. The van der Waals surface area contributed by atoms with Crippen LogP contribution < -0.4 is 4.90 Å². The van der Waals surface area contributed by atoms with Crippen LogP contribution >= 0.6 is 0 Å². The zero-order valence-electron chi connectivity index (χ0n) is 29.4. The van der Waals surface area contributed by atoms with Crippen LogP contribution in [-0.4, -0.2) is 0 Å². The summed E-state index contributed by atoms with van der Waals surface area (Å²) in [7, 11) is 0. The van der Waals surface area contributed by atoms with Gasteiger partial charge >= 0.3 is 0 Å². The van der Waals surface area contributed by atoms with Crippen LogP contribution in [0.4, 0.5) is 17.1 Å². The average Bonchev–Trinajstić information content (AvgIpc) is 3.64. The molecule has 0 aliphatic carbocycles. The monoisotopic (exact) mass is 687 g/mol. The topological polar surface area (TPSA) is 16.4 Å². The van der Waals surface area contributed by atoms with E-state index in [0.717, 1.165) is 44.4 Å². The Morgan fingerprint density at radius 2 is 0.815 bits per heavy atom. The van der Waals surface area contributed by atoms with E-state index in [1.54, 1.807) is 0 Å². The summed E-state index contributed by atoms with van der Waals surface area (Å²) in [5, 5.41) is 12.1. The summed E-state index contributed by atoms with van der Waals surface area (Å²) in [5.41, 5.74) is 9.78. The van der Waals surface area contributed by atoms with Crippen LogP contribution in [0.1, 0.15) is 0 Å². The Hall–Kier alpha value is -7.16. The van der Waals surface area contributed by atoms with E-state index >= 15 is 0 Å². The molecule has 11 rings (SSSR count). The number of benzene rings is 10. The number of hydrogen-bond donors (Lipinski definition) is 0. The van der Waals surface area contributed by atoms with E-state index in [-0.39, 0.29) is 0 Å². The van der Waals surface area contributed by atoms with E-state index in [9.17, 15) is 0 Å². The molecule has 0 saturated carbocycles. The second-order valence-corrected chi connectivity index (χ2v) is 14.1. The molecule has 0 N–H and O–H groups in total. The molecule has 2 heteroatoms. The highest BCUT2D eigenvalue weighted by Crippen LogP contribution is 2.45. The van der Waals surface area contributed by atoms with Gasteiger partial charge in [-0.25, -0.2) is 0 Å². The van der Waals surface area contributed by atoms with E-state index in [4.69, 9.17) is 4.42 Å². The molecule has 1 aromatic heterocycles. The normalized spacial score (nSPS) is 11.7. The van der Waals surface area contributed by atoms with E-state index in [1.165, 1.54) is 60.0 Å². The molecule has 0 bridgehead atoms. The summed E-state index contributed by atoms with van der Waals surface area (Å²) in [6, 6.07) is 72.3. The van der Waals surface area contributed by atoms with Crippen LogP contribution in [-0.2, 0) is 0 Å². The average molecular weight is 688 g/mol. The summed E-state index contributed by atoms with van der Waals surface area (Å²) in [5.74, 6) is 0. The van der Waals surface area contributed by atoms with E-state index < -0.39 is 0 Å². The SMILES string of the molecule is c1ccc2cc(-c3ccc(N(c4ccc(-c5ccc6c(ccc7ccccc76)c5)cc4)c4cccc5oc6c7ccccc7ccc6c45)cc3)ccc2c1. The Morgan fingerprint density at radius 1 is 0.315 bits per heavy atom. The van der Waals surface area contributed by atoms with Crippen molar-refractivity contribution in [3.8, 4) is 22.3 Å². The lowest BCUT2D eigenvalue weighted by Crippen LogP contribution is -2.10. The summed E-state index contributed by atoms with van der Waals surface area (Å²) >= 11 is 0. The van der Waals surface area contributed by atoms with Crippen LogP contribution in [0, 0.1) is 0 Å². The van der Waals surface area contributed by atoms with Gasteiger partial charge in [-0.3, -0.25) is 0 Å². The molecular weight excluding hydrogens is 655 g/mol. The Morgan fingerprint density at radius 3 is 1.56 bits per heavy atom. The van der Waals surface area contributed by atoms with Crippen LogP contribution in [0.5, 0.6) is 0 Å². The van der Waals surface area contributed by atoms with Gasteiger partial charge in [0.2, 0.25) is 0 Å². The lowest BCUT2D eigenvalue weighted by atomic mass is 9.97. The summed E-state index contributed by atoms with van der Waals surface area (Å²) in [4.78, 5) is 2.37. The van der Waals surface area contributed by atoms with Crippen LogP contribution in [0.3, 0.4) is 0 Å². The maximum absolute atomic E-state index is 6.65. The predicted octanol–water partition coefficient (Wildman–Crippen LogP) is 15.0. The van der Waals surface area contributed by atoms with Gasteiger partial charge in [0.25, 0.3) is 0 Å². The molecule has 0 atom stereocenters. The largest absolute Gasteiger partial charge is 0.455 e. The second-order valence-electron chi connectivity index (χ2n) is 14.1. The number of furan rings is 1. The van der Waals surface area contributed by atoms with Gasteiger partial charge in [-0.15, -0.1) is 0 Å². The van der Waals surface area contributed by atoms with Crippen molar-refractivity contribution in [1.82, 2.24) is 0 Å². The summed E-state index contributed by atoms with van der Waals surface area (Å²) in [6.07, 6.45) is 0. The van der Waals surface area contributed by atoms with Crippen molar-refractivity contribution < 1.29 is 4.42 Å². The van der Waals surface area contributed by atoms with Crippen molar-refractivity contribution in [2.75, 3.05) is 4.90 Å². The second kappa shape index (κ2) is 12.2. The molecule has 0 radical (unpaired) electrons. The first kappa shape index (κ1) is 30.5. The molecule has 0 spiro atoms. The zero-order valence-corrected chi connectivity index (χ0v) is 29.4. The maximum atomic E-state index is 6.65. The zero-order chi connectivity index (χ0) is 35.6. The Kier molecular flexibility index (Phi) is 6.90. The highest BCUT2D eigenvalue weighted by Gasteiger charge is 2.20. The molecule has 54 heavy (non-hydrogen) atoms. The number of fused-ring (bicyclic) bond motifs is 9. The molecule has 0 saturated heterocycles. The minimum absolute atomic E-state index is 0.872. The van der Waals surface area contributed by atoms with Gasteiger partial charge in [0.15, 0.2) is 0 Å². The van der Waals surface area contributed by atoms with Crippen molar-refractivity contribution in [3.05, 3.63) is 200 Å². The molecular formula is C52H33NO. The number of rotatable bonds is 5. The van der Waals surface area contributed by atoms with E-state index in [2.05, 4.69) is 205 Å². The van der Waals surface area contributed by atoms with Crippen LogP contribution in [0.15, 0.2) is 205 Å². The third-order valence-corrected chi connectivity index (χ3v) is 11.0. The van der Waals surface area contributed by atoms with Gasteiger partial charge < -0.3 is 9.32 Å². The molecule has 10 aromatic carbocycles. The van der Waals surface area contributed by atoms with Gasteiger partial charge in [-0.1, -0.05) is 146 Å². The fourth-order valence-corrected chi connectivity index (χ4v) is 8.32. The maximum Gasteiger partial charge on any atom is 0.143 e. The van der Waals surface area contributed by atoms with Crippen molar-refractivity contribution in [2.24, 2.45) is 0 Å². The summed E-state index contributed by atoms with van der Waals surface area (Å²) in [6.45, 7) is 0. The molecule has 0 aliphatic heterocycles. The Labute approximate surface area is 312 Å².